The Morgan fingerprint density at radius 3 is 2.83 bits per heavy atom. The van der Waals surface area contributed by atoms with Crippen LogP contribution in [0, 0.1) is 5.82 Å². The SMILES string of the molecule is CCNC(=O)N1CCC(NS(=O)(=O)c2ccc(OC)c(F)c2)C1. The number of rotatable bonds is 5. The van der Waals surface area contributed by atoms with E-state index in [1.807, 2.05) is 6.92 Å². The number of hydrogen-bond acceptors (Lipinski definition) is 4. The highest BCUT2D eigenvalue weighted by molar-refractivity contribution is 7.89. The van der Waals surface area contributed by atoms with E-state index >= 15 is 0 Å². The molecule has 1 atom stereocenters. The van der Waals surface area contributed by atoms with Crippen molar-refractivity contribution >= 4 is 16.1 Å². The average Bonchev–Trinajstić information content (AvgIpc) is 2.95. The number of halogens is 1. The highest BCUT2D eigenvalue weighted by atomic mass is 32.2. The van der Waals surface area contributed by atoms with E-state index in [4.69, 9.17) is 4.74 Å². The largest absolute Gasteiger partial charge is 0.494 e. The summed E-state index contributed by atoms with van der Waals surface area (Å²) in [6.45, 7) is 3.07. The molecule has 2 amide bonds. The van der Waals surface area contributed by atoms with Crippen molar-refractivity contribution in [3.05, 3.63) is 24.0 Å². The first-order valence-corrected chi connectivity index (χ1v) is 8.74. The summed E-state index contributed by atoms with van der Waals surface area (Å²) in [5.41, 5.74) is 0. The standard InChI is InChI=1S/C14H20FN3O4S/c1-3-16-14(19)18-7-6-10(9-18)17-23(20,21)11-4-5-13(22-2)12(15)8-11/h4-5,8,10,17H,3,6-7,9H2,1-2H3,(H,16,19). The molecule has 1 aliphatic rings. The molecule has 1 unspecified atom stereocenters. The Balaban J connectivity index is 2.05. The number of benzene rings is 1. The molecule has 2 N–H and O–H groups in total. The van der Waals surface area contributed by atoms with Gasteiger partial charge in [-0.15, -0.1) is 0 Å². The number of likely N-dealkylation sites (tertiary alicyclic amines) is 1. The summed E-state index contributed by atoms with van der Waals surface area (Å²) >= 11 is 0. The van der Waals surface area contributed by atoms with Crippen LogP contribution in [0.15, 0.2) is 23.1 Å². The Kier molecular flexibility index (Phi) is 5.42. The van der Waals surface area contributed by atoms with E-state index in [-0.39, 0.29) is 23.2 Å². The second kappa shape index (κ2) is 7.14. The lowest BCUT2D eigenvalue weighted by Crippen LogP contribution is -2.42. The number of methoxy groups -OCH3 is 1. The molecule has 128 valence electrons. The molecule has 0 bridgehead atoms. The first kappa shape index (κ1) is 17.5. The number of amides is 2. The second-order valence-corrected chi connectivity index (χ2v) is 6.90. The lowest BCUT2D eigenvalue weighted by atomic mass is 10.3. The molecule has 1 saturated heterocycles. The van der Waals surface area contributed by atoms with Crippen LogP contribution in [0.2, 0.25) is 0 Å². The Hall–Kier alpha value is -1.87. The van der Waals surface area contributed by atoms with Crippen molar-refractivity contribution in [2.24, 2.45) is 0 Å². The number of carbonyl (C=O) groups is 1. The van der Waals surface area contributed by atoms with Crippen LogP contribution in [0.5, 0.6) is 5.75 Å². The molecular weight excluding hydrogens is 325 g/mol. The molecule has 1 fully saturated rings. The lowest BCUT2D eigenvalue weighted by Gasteiger charge is -2.17. The second-order valence-electron chi connectivity index (χ2n) is 5.18. The van der Waals surface area contributed by atoms with Crippen LogP contribution < -0.4 is 14.8 Å². The molecule has 1 heterocycles. The number of carbonyl (C=O) groups excluding carboxylic acids is 1. The third-order valence-electron chi connectivity index (χ3n) is 3.56. The number of ether oxygens (including phenoxy) is 1. The molecule has 1 aliphatic heterocycles. The number of urea groups is 1. The predicted octanol–water partition coefficient (Wildman–Crippen LogP) is 0.916. The maximum Gasteiger partial charge on any atom is 0.317 e. The van der Waals surface area contributed by atoms with Gasteiger partial charge in [0.05, 0.1) is 12.0 Å². The van der Waals surface area contributed by atoms with E-state index in [1.165, 1.54) is 19.2 Å². The van der Waals surface area contributed by atoms with Gasteiger partial charge in [-0.25, -0.2) is 22.3 Å². The van der Waals surface area contributed by atoms with Gasteiger partial charge >= 0.3 is 6.03 Å². The van der Waals surface area contributed by atoms with Crippen LogP contribution in [0.1, 0.15) is 13.3 Å². The molecule has 0 radical (unpaired) electrons. The van der Waals surface area contributed by atoms with Gasteiger partial charge in [-0.1, -0.05) is 0 Å². The molecule has 0 aromatic heterocycles. The molecular formula is C14H20FN3O4S. The minimum absolute atomic E-state index is 0.0211. The van der Waals surface area contributed by atoms with E-state index < -0.39 is 21.9 Å². The van der Waals surface area contributed by atoms with Crippen LogP contribution in [-0.2, 0) is 10.0 Å². The molecule has 0 aliphatic carbocycles. The summed E-state index contributed by atoms with van der Waals surface area (Å²) in [5, 5.41) is 2.67. The fourth-order valence-corrected chi connectivity index (χ4v) is 3.68. The van der Waals surface area contributed by atoms with Gasteiger partial charge in [0, 0.05) is 25.7 Å². The number of nitrogens with zero attached hydrogens (tertiary/aromatic N) is 1. The van der Waals surface area contributed by atoms with E-state index in [9.17, 15) is 17.6 Å². The smallest absolute Gasteiger partial charge is 0.317 e. The minimum atomic E-state index is -3.86. The summed E-state index contributed by atoms with van der Waals surface area (Å²) in [6, 6.07) is 2.84. The fraction of sp³-hybridized carbons (Fsp3) is 0.500. The van der Waals surface area contributed by atoms with Crippen molar-refractivity contribution in [2.75, 3.05) is 26.7 Å². The zero-order chi connectivity index (χ0) is 17.0. The van der Waals surface area contributed by atoms with Crippen molar-refractivity contribution in [3.8, 4) is 5.75 Å². The molecule has 7 nitrogen and oxygen atoms in total. The normalized spacial score (nSPS) is 18.0. The van der Waals surface area contributed by atoms with Crippen LogP contribution >= 0.6 is 0 Å². The Morgan fingerprint density at radius 2 is 2.22 bits per heavy atom. The number of sulfonamides is 1. The average molecular weight is 345 g/mol. The highest BCUT2D eigenvalue weighted by Gasteiger charge is 2.30. The van der Waals surface area contributed by atoms with E-state index in [0.29, 0.717) is 19.5 Å². The number of hydrogen-bond donors (Lipinski definition) is 2. The van der Waals surface area contributed by atoms with Crippen molar-refractivity contribution in [2.45, 2.75) is 24.3 Å². The summed E-state index contributed by atoms with van der Waals surface area (Å²) in [6.07, 6.45) is 0.509. The van der Waals surface area contributed by atoms with E-state index in [0.717, 1.165) is 6.07 Å². The van der Waals surface area contributed by atoms with Gasteiger partial charge in [-0.05, 0) is 31.5 Å². The Bertz CT molecular complexity index is 681. The fourth-order valence-electron chi connectivity index (χ4n) is 2.41. The summed E-state index contributed by atoms with van der Waals surface area (Å²) < 4.78 is 45.6. The minimum Gasteiger partial charge on any atom is -0.494 e. The summed E-state index contributed by atoms with van der Waals surface area (Å²) in [7, 11) is -2.55. The van der Waals surface area contributed by atoms with Gasteiger partial charge < -0.3 is 15.0 Å². The van der Waals surface area contributed by atoms with Crippen molar-refractivity contribution in [1.29, 1.82) is 0 Å². The maximum atomic E-state index is 13.7. The van der Waals surface area contributed by atoms with E-state index in [1.54, 1.807) is 4.90 Å². The quantitative estimate of drug-likeness (QED) is 0.831. The first-order chi connectivity index (χ1) is 10.9. The molecule has 9 heteroatoms. The van der Waals surface area contributed by atoms with Crippen LogP contribution in [0.25, 0.3) is 0 Å². The molecule has 1 aromatic carbocycles. The van der Waals surface area contributed by atoms with Gasteiger partial charge in [0.25, 0.3) is 0 Å². The van der Waals surface area contributed by atoms with Crippen LogP contribution in [0.3, 0.4) is 0 Å². The van der Waals surface area contributed by atoms with E-state index in [2.05, 4.69) is 10.0 Å². The zero-order valence-corrected chi connectivity index (χ0v) is 13.8. The highest BCUT2D eigenvalue weighted by Crippen LogP contribution is 2.21. The van der Waals surface area contributed by atoms with Gasteiger partial charge in [-0.3, -0.25) is 0 Å². The molecule has 0 spiro atoms. The zero-order valence-electron chi connectivity index (χ0n) is 13.0. The molecule has 0 saturated carbocycles. The van der Waals surface area contributed by atoms with Gasteiger partial charge in [0.15, 0.2) is 11.6 Å². The van der Waals surface area contributed by atoms with Gasteiger partial charge in [-0.2, -0.15) is 0 Å². The lowest BCUT2D eigenvalue weighted by molar-refractivity contribution is 0.208. The van der Waals surface area contributed by atoms with Crippen molar-refractivity contribution in [1.82, 2.24) is 14.9 Å². The monoisotopic (exact) mass is 345 g/mol. The van der Waals surface area contributed by atoms with Crippen LogP contribution in [0.4, 0.5) is 9.18 Å². The van der Waals surface area contributed by atoms with Crippen molar-refractivity contribution in [3.63, 3.8) is 0 Å². The van der Waals surface area contributed by atoms with Gasteiger partial charge in [0.2, 0.25) is 10.0 Å². The topological polar surface area (TPSA) is 87.7 Å². The van der Waals surface area contributed by atoms with Crippen molar-refractivity contribution < 1.29 is 22.3 Å². The predicted molar refractivity (Wildman–Crippen MR) is 82.3 cm³/mol. The van der Waals surface area contributed by atoms with Crippen LogP contribution in [-0.4, -0.2) is 52.1 Å². The summed E-state index contributed by atoms with van der Waals surface area (Å²) in [4.78, 5) is 13.1. The Morgan fingerprint density at radius 1 is 1.48 bits per heavy atom. The summed E-state index contributed by atoms with van der Waals surface area (Å²) in [5.74, 6) is -0.766. The first-order valence-electron chi connectivity index (χ1n) is 7.26. The molecule has 1 aromatic rings. The third kappa shape index (κ3) is 4.11. The number of nitrogens with one attached hydrogen (secondary N) is 2. The maximum absolute atomic E-state index is 13.7. The Labute approximate surface area is 134 Å². The van der Waals surface area contributed by atoms with Gasteiger partial charge in [0.1, 0.15) is 0 Å². The molecule has 23 heavy (non-hydrogen) atoms. The molecule has 2 rings (SSSR count). The third-order valence-corrected chi connectivity index (χ3v) is 5.08.